The van der Waals surface area contributed by atoms with Crippen LogP contribution in [0.1, 0.15) is 69.2 Å². The Hall–Kier alpha value is -0.440. The van der Waals surface area contributed by atoms with Crippen molar-refractivity contribution in [2.75, 3.05) is 66.1 Å². The third-order valence-electron chi connectivity index (χ3n) is 5.80. The van der Waals surface area contributed by atoms with Crippen molar-refractivity contribution in [3.8, 4) is 0 Å². The van der Waals surface area contributed by atoms with E-state index >= 15 is 0 Å². The Morgan fingerprint density at radius 2 is 0.488 bits per heavy atom. The van der Waals surface area contributed by atoms with Crippen molar-refractivity contribution < 1.29 is 52.8 Å². The fourth-order valence-corrected chi connectivity index (χ4v) is 3.14. The molecule has 0 aliphatic carbocycles. The van der Waals surface area contributed by atoms with E-state index in [1.807, 2.05) is 62.3 Å². The van der Waals surface area contributed by atoms with Gasteiger partial charge in [-0.2, -0.15) is 0 Å². The van der Waals surface area contributed by atoms with Crippen LogP contribution in [-0.4, -0.2) is 137 Å². The summed E-state index contributed by atoms with van der Waals surface area (Å²) in [5.74, 6) is 0. The SMILES string of the molecule is CC(O)COC(C)COC(C)COC(C)COC(C)COC(C)COC(C)COC(C)COC(C)COC(C)CO. The molecule has 11 heteroatoms. The minimum absolute atomic E-state index is 0.00335. The normalized spacial score (nSPS) is 19.6. The van der Waals surface area contributed by atoms with Gasteiger partial charge in [-0.1, -0.05) is 0 Å². The molecule has 248 valence electrons. The second-order valence-electron chi connectivity index (χ2n) is 11.3. The highest BCUT2D eigenvalue weighted by molar-refractivity contribution is 4.60. The van der Waals surface area contributed by atoms with Crippen molar-refractivity contribution in [2.45, 2.75) is 130 Å². The maximum Gasteiger partial charge on any atom is 0.0781 e. The summed E-state index contributed by atoms with van der Waals surface area (Å²) in [6.07, 6.45) is -1.29. The molecule has 0 saturated heterocycles. The number of aliphatic hydroxyl groups excluding tert-OH is 2. The molecule has 0 aliphatic heterocycles. The van der Waals surface area contributed by atoms with Gasteiger partial charge in [0.15, 0.2) is 0 Å². The van der Waals surface area contributed by atoms with Gasteiger partial charge in [-0.15, -0.1) is 0 Å². The molecule has 0 aromatic rings. The molecule has 0 rings (SSSR count). The van der Waals surface area contributed by atoms with Crippen molar-refractivity contribution in [3.63, 3.8) is 0 Å². The largest absolute Gasteiger partial charge is 0.394 e. The Kier molecular flexibility index (Phi) is 24.7. The van der Waals surface area contributed by atoms with Crippen LogP contribution < -0.4 is 0 Å². The second kappa shape index (κ2) is 24.9. The summed E-state index contributed by atoms with van der Waals surface area (Å²) in [5, 5.41) is 18.3. The van der Waals surface area contributed by atoms with E-state index in [2.05, 4.69) is 0 Å². The van der Waals surface area contributed by atoms with E-state index in [9.17, 15) is 5.11 Å². The van der Waals surface area contributed by atoms with Crippen LogP contribution in [0.5, 0.6) is 0 Å². The van der Waals surface area contributed by atoms with Crippen LogP contribution in [0.2, 0.25) is 0 Å². The fourth-order valence-electron chi connectivity index (χ4n) is 3.14. The molecule has 0 aromatic heterocycles. The Balaban J connectivity index is 3.88. The van der Waals surface area contributed by atoms with Crippen molar-refractivity contribution in [1.82, 2.24) is 0 Å². The summed E-state index contributed by atoms with van der Waals surface area (Å²) < 4.78 is 51.8. The fraction of sp³-hybridized carbons (Fsp3) is 1.00. The standard InChI is InChI=1S/C30H62O11/c1-21(32)12-33-23(3)14-35-25(5)16-37-27(7)18-39-29(9)20-41-30(10)19-40-28(8)17-38-26(6)15-36-24(4)13-34-22(2)11-31/h21-32H,11-20H2,1-10H3. The third kappa shape index (κ3) is 25.7. The van der Waals surface area contributed by atoms with Gasteiger partial charge in [0.25, 0.3) is 0 Å². The van der Waals surface area contributed by atoms with Crippen molar-refractivity contribution in [3.05, 3.63) is 0 Å². The number of hydrogen-bond acceptors (Lipinski definition) is 11. The molecule has 0 heterocycles. The lowest BCUT2D eigenvalue weighted by Crippen LogP contribution is -2.30. The Labute approximate surface area is 249 Å². The monoisotopic (exact) mass is 598 g/mol. The second-order valence-corrected chi connectivity index (χ2v) is 11.3. The highest BCUT2D eigenvalue weighted by Crippen LogP contribution is 2.06. The van der Waals surface area contributed by atoms with Crippen LogP contribution in [0.25, 0.3) is 0 Å². The van der Waals surface area contributed by atoms with Gasteiger partial charge in [0, 0.05) is 0 Å². The highest BCUT2D eigenvalue weighted by Gasteiger charge is 2.15. The van der Waals surface area contributed by atoms with Gasteiger partial charge in [-0.05, 0) is 69.2 Å². The summed E-state index contributed by atoms with van der Waals surface area (Å²) in [7, 11) is 0. The van der Waals surface area contributed by atoms with Crippen LogP contribution in [0.3, 0.4) is 0 Å². The molecule has 11 nitrogen and oxygen atoms in total. The predicted octanol–water partition coefficient (Wildman–Crippen LogP) is 3.01. The van der Waals surface area contributed by atoms with E-state index in [1.54, 1.807) is 6.92 Å². The maximum absolute atomic E-state index is 9.28. The molecule has 0 fully saturated rings. The molecule has 0 radical (unpaired) electrons. The summed E-state index contributed by atoms with van der Waals surface area (Å²) in [6.45, 7) is 23.1. The van der Waals surface area contributed by atoms with Crippen molar-refractivity contribution in [1.29, 1.82) is 0 Å². The Bertz CT molecular complexity index is 583. The summed E-state index contributed by atoms with van der Waals surface area (Å²) in [4.78, 5) is 0. The van der Waals surface area contributed by atoms with Gasteiger partial charge < -0.3 is 52.8 Å². The first kappa shape index (κ1) is 40.6. The quantitative estimate of drug-likeness (QED) is 0.138. The van der Waals surface area contributed by atoms with Crippen molar-refractivity contribution in [2.24, 2.45) is 0 Å². The van der Waals surface area contributed by atoms with Crippen LogP contribution in [0.15, 0.2) is 0 Å². The molecule has 0 aromatic carbocycles. The minimum atomic E-state index is -0.484. The number of hydrogen-bond donors (Lipinski definition) is 2. The number of rotatable bonds is 28. The lowest BCUT2D eigenvalue weighted by Gasteiger charge is -2.23. The van der Waals surface area contributed by atoms with Gasteiger partial charge in [0.05, 0.1) is 127 Å². The van der Waals surface area contributed by atoms with Gasteiger partial charge in [0.2, 0.25) is 0 Å². The van der Waals surface area contributed by atoms with Crippen LogP contribution in [-0.2, 0) is 42.6 Å². The predicted molar refractivity (Wildman–Crippen MR) is 157 cm³/mol. The van der Waals surface area contributed by atoms with Crippen LogP contribution in [0, 0.1) is 0 Å². The summed E-state index contributed by atoms with van der Waals surface area (Å²) >= 11 is 0. The molecule has 10 unspecified atom stereocenters. The molecular weight excluding hydrogens is 536 g/mol. The Morgan fingerprint density at radius 3 is 0.659 bits per heavy atom. The lowest BCUT2D eigenvalue weighted by molar-refractivity contribution is -0.111. The first-order valence-corrected chi connectivity index (χ1v) is 15.1. The topological polar surface area (TPSA) is 124 Å². The van der Waals surface area contributed by atoms with Crippen molar-refractivity contribution >= 4 is 0 Å². The molecule has 0 amide bonds. The zero-order chi connectivity index (χ0) is 31.2. The Morgan fingerprint density at radius 1 is 0.317 bits per heavy atom. The summed E-state index contributed by atoms with van der Waals surface area (Å²) in [5.41, 5.74) is 0. The van der Waals surface area contributed by atoms with E-state index in [0.717, 1.165) is 0 Å². The van der Waals surface area contributed by atoms with Gasteiger partial charge >= 0.3 is 0 Å². The average Bonchev–Trinajstić information content (AvgIpc) is 2.94. The van der Waals surface area contributed by atoms with E-state index in [0.29, 0.717) is 59.5 Å². The van der Waals surface area contributed by atoms with E-state index in [1.165, 1.54) is 0 Å². The first-order valence-electron chi connectivity index (χ1n) is 15.1. The van der Waals surface area contributed by atoms with E-state index in [4.69, 9.17) is 47.7 Å². The molecule has 0 bridgehead atoms. The highest BCUT2D eigenvalue weighted by atomic mass is 16.6. The lowest BCUT2D eigenvalue weighted by atomic mass is 10.3. The molecular formula is C30H62O11. The number of ether oxygens (including phenoxy) is 9. The van der Waals surface area contributed by atoms with Gasteiger partial charge in [-0.3, -0.25) is 0 Å². The zero-order valence-corrected chi connectivity index (χ0v) is 27.4. The van der Waals surface area contributed by atoms with E-state index in [-0.39, 0.29) is 61.5 Å². The molecule has 0 saturated carbocycles. The molecule has 41 heavy (non-hydrogen) atoms. The smallest absolute Gasteiger partial charge is 0.0781 e. The number of aliphatic hydroxyl groups is 2. The zero-order valence-electron chi connectivity index (χ0n) is 27.4. The molecule has 0 aliphatic rings. The molecule has 10 atom stereocenters. The van der Waals surface area contributed by atoms with E-state index < -0.39 is 6.10 Å². The van der Waals surface area contributed by atoms with Gasteiger partial charge in [0.1, 0.15) is 0 Å². The maximum atomic E-state index is 9.28. The molecule has 0 spiro atoms. The van der Waals surface area contributed by atoms with Gasteiger partial charge in [-0.25, -0.2) is 0 Å². The van der Waals surface area contributed by atoms with Crippen LogP contribution in [0.4, 0.5) is 0 Å². The first-order chi connectivity index (χ1) is 19.3. The average molecular weight is 599 g/mol. The minimum Gasteiger partial charge on any atom is -0.394 e. The summed E-state index contributed by atoms with van der Waals surface area (Å²) in [6, 6.07) is 0. The molecule has 2 N–H and O–H groups in total. The third-order valence-corrected chi connectivity index (χ3v) is 5.80. The van der Waals surface area contributed by atoms with Crippen LogP contribution >= 0.6 is 0 Å².